The van der Waals surface area contributed by atoms with E-state index < -0.39 is 0 Å². The molecule has 1 rings (SSSR count). The molecule has 0 aliphatic heterocycles. The van der Waals surface area contributed by atoms with Crippen molar-refractivity contribution < 1.29 is 4.79 Å². The summed E-state index contributed by atoms with van der Waals surface area (Å²) >= 11 is 0. The van der Waals surface area contributed by atoms with Crippen LogP contribution in [0.15, 0.2) is 12.1 Å². The molecule has 1 aromatic heterocycles. The summed E-state index contributed by atoms with van der Waals surface area (Å²) in [6.45, 7) is 11.2. The second-order valence-electron chi connectivity index (χ2n) is 6.35. The predicted octanol–water partition coefficient (Wildman–Crippen LogP) is 3.20. The molecule has 0 fully saturated rings. The number of hydrogen-bond acceptors (Lipinski definition) is 3. The Balaban J connectivity index is 2.96. The third-order valence-electron chi connectivity index (χ3n) is 3.42. The van der Waals surface area contributed by atoms with E-state index in [-0.39, 0.29) is 11.3 Å². The zero-order valence-corrected chi connectivity index (χ0v) is 13.5. The second kappa shape index (κ2) is 6.73. The van der Waals surface area contributed by atoms with Gasteiger partial charge in [-0.05, 0) is 18.1 Å². The maximum Gasteiger partial charge on any atom is 0.251 e. The molecule has 0 aromatic carbocycles. The smallest absolute Gasteiger partial charge is 0.251 e. The van der Waals surface area contributed by atoms with Crippen LogP contribution in [-0.2, 0) is 5.41 Å². The van der Waals surface area contributed by atoms with E-state index in [0.717, 1.165) is 17.9 Å². The third kappa shape index (κ3) is 4.51. The van der Waals surface area contributed by atoms with Gasteiger partial charge in [-0.2, -0.15) is 0 Å². The third-order valence-corrected chi connectivity index (χ3v) is 3.42. The minimum atomic E-state index is -0.0847. The van der Waals surface area contributed by atoms with E-state index in [1.807, 2.05) is 13.1 Å². The molecule has 0 radical (unpaired) electrons. The highest BCUT2D eigenvalue weighted by Crippen LogP contribution is 2.23. The topological polar surface area (TPSA) is 54.0 Å². The average Bonchev–Trinajstić information content (AvgIpc) is 2.42. The molecule has 1 unspecified atom stereocenters. The van der Waals surface area contributed by atoms with Gasteiger partial charge >= 0.3 is 0 Å². The number of carbonyl (C=O) groups excluding carboxylic acids is 1. The van der Waals surface area contributed by atoms with Crippen LogP contribution in [0, 0.1) is 5.92 Å². The molecule has 20 heavy (non-hydrogen) atoms. The molecule has 0 bridgehead atoms. The van der Waals surface area contributed by atoms with Gasteiger partial charge in [0.05, 0.1) is 0 Å². The first-order valence-corrected chi connectivity index (χ1v) is 7.26. The number of anilines is 1. The fourth-order valence-corrected chi connectivity index (χ4v) is 1.69. The molecule has 0 aliphatic carbocycles. The first-order valence-electron chi connectivity index (χ1n) is 7.26. The van der Waals surface area contributed by atoms with E-state index in [1.54, 1.807) is 6.07 Å². The first-order chi connectivity index (χ1) is 9.27. The van der Waals surface area contributed by atoms with Crippen molar-refractivity contribution >= 4 is 11.7 Å². The van der Waals surface area contributed by atoms with Gasteiger partial charge in [0.2, 0.25) is 0 Å². The zero-order chi connectivity index (χ0) is 15.3. The average molecular weight is 277 g/mol. The summed E-state index contributed by atoms with van der Waals surface area (Å²) < 4.78 is 0. The fourth-order valence-electron chi connectivity index (χ4n) is 1.69. The van der Waals surface area contributed by atoms with E-state index in [4.69, 9.17) is 0 Å². The lowest BCUT2D eigenvalue weighted by Crippen LogP contribution is -2.28. The molecule has 0 spiro atoms. The minimum Gasteiger partial charge on any atom is -0.373 e. The minimum absolute atomic E-state index is 0.0327. The first kappa shape index (κ1) is 16.5. The molecule has 112 valence electrons. The molecule has 1 atom stereocenters. The van der Waals surface area contributed by atoms with Gasteiger partial charge in [-0.3, -0.25) is 4.79 Å². The van der Waals surface area contributed by atoms with Crippen molar-refractivity contribution in [1.29, 1.82) is 0 Å². The van der Waals surface area contributed by atoms with Crippen molar-refractivity contribution in [1.82, 2.24) is 10.3 Å². The number of hydrogen-bond donors (Lipinski definition) is 2. The molecular formula is C16H27N3O. The van der Waals surface area contributed by atoms with Crippen molar-refractivity contribution in [2.45, 2.75) is 46.5 Å². The maximum absolute atomic E-state index is 12.2. The summed E-state index contributed by atoms with van der Waals surface area (Å²) in [5.41, 5.74) is 1.49. The lowest BCUT2D eigenvalue weighted by atomic mass is 9.90. The predicted molar refractivity (Wildman–Crippen MR) is 84.3 cm³/mol. The van der Waals surface area contributed by atoms with Crippen LogP contribution in [0.3, 0.4) is 0 Å². The van der Waals surface area contributed by atoms with Crippen LogP contribution in [0.5, 0.6) is 0 Å². The van der Waals surface area contributed by atoms with Crippen LogP contribution in [0.2, 0.25) is 0 Å². The van der Waals surface area contributed by atoms with Crippen molar-refractivity contribution in [3.8, 4) is 0 Å². The highest BCUT2D eigenvalue weighted by atomic mass is 16.1. The quantitative estimate of drug-likeness (QED) is 0.869. The van der Waals surface area contributed by atoms with Gasteiger partial charge in [0.25, 0.3) is 5.91 Å². The van der Waals surface area contributed by atoms with Gasteiger partial charge in [0.15, 0.2) is 0 Å². The molecule has 0 saturated carbocycles. The maximum atomic E-state index is 12.2. The standard InChI is InChI=1S/C16H27N3O/c1-7-11(2)10-18-15(20)12-8-13(16(3,4)5)19-14(9-12)17-6/h8-9,11H,7,10H2,1-6H3,(H,17,19)(H,18,20). The van der Waals surface area contributed by atoms with Gasteiger partial charge in [-0.1, -0.05) is 41.0 Å². The Morgan fingerprint density at radius 2 is 2.00 bits per heavy atom. The molecule has 1 amide bonds. The molecular weight excluding hydrogens is 250 g/mol. The van der Waals surface area contributed by atoms with E-state index in [0.29, 0.717) is 18.0 Å². The summed E-state index contributed by atoms with van der Waals surface area (Å²) in [5, 5.41) is 6.00. The summed E-state index contributed by atoms with van der Waals surface area (Å²) in [4.78, 5) is 16.8. The van der Waals surface area contributed by atoms with Gasteiger partial charge in [-0.15, -0.1) is 0 Å². The summed E-state index contributed by atoms with van der Waals surface area (Å²) in [7, 11) is 1.82. The van der Waals surface area contributed by atoms with Crippen LogP contribution in [0.4, 0.5) is 5.82 Å². The summed E-state index contributed by atoms with van der Waals surface area (Å²) in [6, 6.07) is 3.67. The zero-order valence-electron chi connectivity index (χ0n) is 13.5. The van der Waals surface area contributed by atoms with Crippen molar-refractivity contribution in [3.63, 3.8) is 0 Å². The highest BCUT2D eigenvalue weighted by molar-refractivity contribution is 5.95. The second-order valence-corrected chi connectivity index (χ2v) is 6.35. The molecule has 4 nitrogen and oxygen atoms in total. The normalized spacial score (nSPS) is 12.9. The number of nitrogens with zero attached hydrogens (tertiary/aromatic N) is 1. The Morgan fingerprint density at radius 1 is 1.35 bits per heavy atom. The summed E-state index contributed by atoms with van der Waals surface area (Å²) in [5.74, 6) is 1.19. The molecule has 0 saturated heterocycles. The largest absolute Gasteiger partial charge is 0.373 e. The van der Waals surface area contributed by atoms with Gasteiger partial charge in [0.1, 0.15) is 5.82 Å². The van der Waals surface area contributed by atoms with E-state index in [1.165, 1.54) is 0 Å². The number of pyridine rings is 1. The van der Waals surface area contributed by atoms with Gasteiger partial charge in [-0.25, -0.2) is 4.98 Å². The SMILES string of the molecule is CCC(C)CNC(=O)c1cc(NC)nc(C(C)(C)C)c1. The molecule has 4 heteroatoms. The van der Waals surface area contributed by atoms with Gasteiger partial charge in [0, 0.05) is 30.3 Å². The number of nitrogens with one attached hydrogen (secondary N) is 2. The highest BCUT2D eigenvalue weighted by Gasteiger charge is 2.19. The van der Waals surface area contributed by atoms with Gasteiger partial charge < -0.3 is 10.6 Å². The number of carbonyl (C=O) groups is 1. The van der Waals surface area contributed by atoms with Crippen LogP contribution < -0.4 is 10.6 Å². The Bertz CT molecular complexity index is 463. The Morgan fingerprint density at radius 3 is 2.50 bits per heavy atom. The molecule has 1 heterocycles. The Hall–Kier alpha value is -1.58. The molecule has 1 aromatic rings. The van der Waals surface area contributed by atoms with E-state index in [2.05, 4.69) is 50.2 Å². The van der Waals surface area contributed by atoms with Crippen molar-refractivity contribution in [3.05, 3.63) is 23.4 Å². The summed E-state index contributed by atoms with van der Waals surface area (Å²) in [6.07, 6.45) is 1.06. The number of rotatable bonds is 5. The number of amides is 1. The Labute approximate surface area is 122 Å². The van der Waals surface area contributed by atoms with Crippen molar-refractivity contribution in [2.75, 3.05) is 18.9 Å². The lowest BCUT2D eigenvalue weighted by molar-refractivity contribution is 0.0947. The van der Waals surface area contributed by atoms with Crippen molar-refractivity contribution in [2.24, 2.45) is 5.92 Å². The fraction of sp³-hybridized carbons (Fsp3) is 0.625. The van der Waals surface area contributed by atoms with E-state index in [9.17, 15) is 4.79 Å². The van der Waals surface area contributed by atoms with Crippen LogP contribution in [0.1, 0.15) is 57.1 Å². The van der Waals surface area contributed by atoms with E-state index >= 15 is 0 Å². The number of aromatic nitrogens is 1. The van der Waals surface area contributed by atoms with Crippen LogP contribution >= 0.6 is 0 Å². The van der Waals surface area contributed by atoms with Crippen LogP contribution in [-0.4, -0.2) is 24.5 Å². The monoisotopic (exact) mass is 277 g/mol. The van der Waals surface area contributed by atoms with Crippen LogP contribution in [0.25, 0.3) is 0 Å². The lowest BCUT2D eigenvalue weighted by Gasteiger charge is -2.20. The Kier molecular flexibility index (Phi) is 5.54. The molecule has 0 aliphatic rings. The molecule has 2 N–H and O–H groups in total.